The molecular formula is C13H19N. The summed E-state index contributed by atoms with van der Waals surface area (Å²) >= 11 is 0. The van der Waals surface area contributed by atoms with Crippen LogP contribution in [0.5, 0.6) is 0 Å². The molecule has 0 aliphatic heterocycles. The number of hydrogen-bond acceptors (Lipinski definition) is 1. The molecule has 0 fully saturated rings. The second-order valence-electron chi connectivity index (χ2n) is 4.09. The Labute approximate surface area is 86.9 Å². The third kappa shape index (κ3) is 2.99. The van der Waals surface area contributed by atoms with E-state index in [1.165, 1.54) is 23.1 Å². The second-order valence-corrected chi connectivity index (χ2v) is 4.09. The predicted octanol–water partition coefficient (Wildman–Crippen LogP) is 3.53. The van der Waals surface area contributed by atoms with Gasteiger partial charge in [0, 0.05) is 12.4 Å². The Morgan fingerprint density at radius 1 is 1.57 bits per heavy atom. The smallest absolute Gasteiger partial charge is 0.0299 e. The van der Waals surface area contributed by atoms with Crippen LogP contribution in [0.1, 0.15) is 31.4 Å². The minimum atomic E-state index is 0.613. The third-order valence-corrected chi connectivity index (χ3v) is 2.82. The molecule has 0 aliphatic rings. The van der Waals surface area contributed by atoms with Crippen molar-refractivity contribution in [3.05, 3.63) is 41.7 Å². The summed E-state index contributed by atoms with van der Waals surface area (Å²) in [5, 5.41) is 0. The molecule has 0 saturated carbocycles. The van der Waals surface area contributed by atoms with Gasteiger partial charge in [0.15, 0.2) is 0 Å². The van der Waals surface area contributed by atoms with Gasteiger partial charge in [-0.3, -0.25) is 4.98 Å². The van der Waals surface area contributed by atoms with Crippen molar-refractivity contribution >= 4 is 0 Å². The second kappa shape index (κ2) is 4.94. The summed E-state index contributed by atoms with van der Waals surface area (Å²) in [7, 11) is 0. The molecule has 0 radical (unpaired) electrons. The van der Waals surface area contributed by atoms with Crippen molar-refractivity contribution in [2.24, 2.45) is 5.92 Å². The number of hydrogen-bond donors (Lipinski definition) is 0. The number of pyridine rings is 1. The van der Waals surface area contributed by atoms with Crippen LogP contribution < -0.4 is 0 Å². The van der Waals surface area contributed by atoms with E-state index < -0.39 is 0 Å². The van der Waals surface area contributed by atoms with Crippen LogP contribution in [0.2, 0.25) is 0 Å². The van der Waals surface area contributed by atoms with Crippen LogP contribution in [0.3, 0.4) is 0 Å². The van der Waals surface area contributed by atoms with Crippen molar-refractivity contribution in [2.75, 3.05) is 0 Å². The zero-order chi connectivity index (χ0) is 10.6. The quantitative estimate of drug-likeness (QED) is 0.660. The van der Waals surface area contributed by atoms with Crippen molar-refractivity contribution in [1.82, 2.24) is 4.98 Å². The molecule has 1 aromatic rings. The first-order valence-electron chi connectivity index (χ1n) is 5.16. The molecule has 76 valence electrons. The molecular weight excluding hydrogens is 170 g/mol. The maximum Gasteiger partial charge on any atom is 0.0299 e. The molecule has 1 unspecified atom stereocenters. The van der Waals surface area contributed by atoms with Crippen molar-refractivity contribution in [3.63, 3.8) is 0 Å². The van der Waals surface area contributed by atoms with Crippen molar-refractivity contribution in [3.8, 4) is 0 Å². The Morgan fingerprint density at radius 3 is 2.86 bits per heavy atom. The number of rotatable bonds is 4. The lowest BCUT2D eigenvalue weighted by molar-refractivity contribution is 0.613. The van der Waals surface area contributed by atoms with Crippen molar-refractivity contribution < 1.29 is 0 Å². The number of allylic oxidation sites excluding steroid dienone is 1. The Morgan fingerprint density at radius 2 is 2.29 bits per heavy atom. The van der Waals surface area contributed by atoms with E-state index in [0.29, 0.717) is 5.92 Å². The first-order valence-corrected chi connectivity index (χ1v) is 5.16. The van der Waals surface area contributed by atoms with Gasteiger partial charge in [0.05, 0.1) is 0 Å². The highest BCUT2D eigenvalue weighted by Gasteiger charge is 2.04. The minimum absolute atomic E-state index is 0.613. The maximum absolute atomic E-state index is 4.09. The van der Waals surface area contributed by atoms with E-state index >= 15 is 0 Å². The number of aromatic nitrogens is 1. The van der Waals surface area contributed by atoms with E-state index in [1.807, 2.05) is 12.4 Å². The zero-order valence-corrected chi connectivity index (χ0v) is 9.38. The van der Waals surface area contributed by atoms with E-state index in [2.05, 4.69) is 38.4 Å². The lowest BCUT2D eigenvalue weighted by Crippen LogP contribution is -1.99. The average Bonchev–Trinajstić information content (AvgIpc) is 2.16. The molecule has 1 aromatic heterocycles. The maximum atomic E-state index is 4.09. The van der Waals surface area contributed by atoms with E-state index in [-0.39, 0.29) is 0 Å². The fourth-order valence-corrected chi connectivity index (χ4v) is 1.40. The minimum Gasteiger partial charge on any atom is -0.264 e. The molecule has 0 saturated heterocycles. The van der Waals surface area contributed by atoms with Crippen LogP contribution in [0, 0.1) is 12.8 Å². The molecule has 1 heterocycles. The molecule has 1 atom stereocenters. The summed E-state index contributed by atoms with van der Waals surface area (Å²) in [4.78, 5) is 4.09. The van der Waals surface area contributed by atoms with Crippen molar-refractivity contribution in [2.45, 2.75) is 33.6 Å². The molecule has 0 N–H and O–H groups in total. The summed E-state index contributed by atoms with van der Waals surface area (Å²) in [6, 6.07) is 2.11. The summed E-state index contributed by atoms with van der Waals surface area (Å²) in [5.74, 6) is 0.613. The van der Waals surface area contributed by atoms with Crippen molar-refractivity contribution in [1.29, 1.82) is 0 Å². The van der Waals surface area contributed by atoms with Gasteiger partial charge in [-0.2, -0.15) is 0 Å². The Balaban J connectivity index is 2.54. The molecule has 0 amide bonds. The third-order valence-electron chi connectivity index (χ3n) is 2.82. The number of nitrogens with zero attached hydrogens (tertiary/aromatic N) is 1. The van der Waals surface area contributed by atoms with Crippen LogP contribution in [0.4, 0.5) is 0 Å². The van der Waals surface area contributed by atoms with Gasteiger partial charge in [-0.25, -0.2) is 0 Å². The highest BCUT2D eigenvalue weighted by atomic mass is 14.6. The van der Waals surface area contributed by atoms with E-state index in [1.54, 1.807) is 0 Å². The highest BCUT2D eigenvalue weighted by Crippen LogP contribution is 2.16. The zero-order valence-electron chi connectivity index (χ0n) is 9.38. The summed E-state index contributed by atoms with van der Waals surface area (Å²) in [6.07, 6.45) is 6.11. The molecule has 0 spiro atoms. The van der Waals surface area contributed by atoms with Crippen LogP contribution >= 0.6 is 0 Å². The summed E-state index contributed by atoms with van der Waals surface area (Å²) < 4.78 is 0. The van der Waals surface area contributed by atoms with E-state index in [9.17, 15) is 0 Å². The van der Waals surface area contributed by atoms with E-state index in [0.717, 1.165) is 6.42 Å². The molecule has 0 bridgehead atoms. The van der Waals surface area contributed by atoms with Gasteiger partial charge in [0.1, 0.15) is 0 Å². The van der Waals surface area contributed by atoms with E-state index in [4.69, 9.17) is 0 Å². The Hall–Kier alpha value is -1.11. The van der Waals surface area contributed by atoms with Crippen LogP contribution in [-0.4, -0.2) is 4.98 Å². The monoisotopic (exact) mass is 189 g/mol. The first kappa shape index (κ1) is 11.0. The van der Waals surface area contributed by atoms with Gasteiger partial charge < -0.3 is 0 Å². The lowest BCUT2D eigenvalue weighted by Gasteiger charge is -2.11. The Bertz CT molecular complexity index is 315. The highest BCUT2D eigenvalue weighted by molar-refractivity contribution is 5.21. The average molecular weight is 189 g/mol. The molecule has 1 nitrogen and oxygen atoms in total. The summed E-state index contributed by atoms with van der Waals surface area (Å²) in [6.45, 7) is 10.4. The predicted molar refractivity (Wildman–Crippen MR) is 61.3 cm³/mol. The molecule has 0 aliphatic carbocycles. The van der Waals surface area contributed by atoms with Gasteiger partial charge in [0.25, 0.3) is 0 Å². The lowest BCUT2D eigenvalue weighted by atomic mass is 9.95. The topological polar surface area (TPSA) is 12.9 Å². The van der Waals surface area contributed by atoms with Gasteiger partial charge in [-0.15, -0.1) is 0 Å². The van der Waals surface area contributed by atoms with Gasteiger partial charge in [-0.1, -0.05) is 19.1 Å². The van der Waals surface area contributed by atoms with Crippen LogP contribution in [0.25, 0.3) is 0 Å². The SMILES string of the molecule is C=C(C)C(C)CCc1ccncc1C. The standard InChI is InChI=1S/C13H19N/c1-10(2)11(3)5-6-13-7-8-14-9-12(13)4/h7-9,11H,1,5-6H2,2-4H3. The van der Waals surface area contributed by atoms with Gasteiger partial charge in [0.2, 0.25) is 0 Å². The molecule has 1 rings (SSSR count). The first-order chi connectivity index (χ1) is 6.61. The fourth-order valence-electron chi connectivity index (χ4n) is 1.40. The van der Waals surface area contributed by atoms with Gasteiger partial charge >= 0.3 is 0 Å². The molecule has 1 heteroatoms. The van der Waals surface area contributed by atoms with Crippen LogP contribution in [-0.2, 0) is 6.42 Å². The normalized spacial score (nSPS) is 12.5. The largest absolute Gasteiger partial charge is 0.264 e. The number of aryl methyl sites for hydroxylation is 2. The van der Waals surface area contributed by atoms with Gasteiger partial charge in [-0.05, 0) is 49.8 Å². The molecule has 0 aromatic carbocycles. The molecule has 14 heavy (non-hydrogen) atoms. The van der Waals surface area contributed by atoms with Crippen LogP contribution in [0.15, 0.2) is 30.6 Å². The summed E-state index contributed by atoms with van der Waals surface area (Å²) in [5.41, 5.74) is 3.98. The fraction of sp³-hybridized carbons (Fsp3) is 0.462. The Kier molecular flexibility index (Phi) is 3.87.